The summed E-state index contributed by atoms with van der Waals surface area (Å²) in [6.45, 7) is 4.58. The van der Waals surface area contributed by atoms with Crippen molar-refractivity contribution in [2.24, 2.45) is 0 Å². The van der Waals surface area contributed by atoms with Gasteiger partial charge in [0.15, 0.2) is 16.9 Å². The molecule has 34 heavy (non-hydrogen) atoms. The average Bonchev–Trinajstić information content (AvgIpc) is 3.16. The van der Waals surface area contributed by atoms with Crippen molar-refractivity contribution < 1.29 is 23.4 Å². The summed E-state index contributed by atoms with van der Waals surface area (Å²) in [7, 11) is 3.14. The van der Waals surface area contributed by atoms with E-state index in [0.717, 1.165) is 44.8 Å². The molecule has 8 heteroatoms. The van der Waals surface area contributed by atoms with Crippen LogP contribution in [0.3, 0.4) is 0 Å². The average molecular weight is 465 g/mol. The molecule has 3 heterocycles. The van der Waals surface area contributed by atoms with Gasteiger partial charge in [-0.05, 0) is 36.2 Å². The molecule has 0 unspecified atom stereocenters. The van der Waals surface area contributed by atoms with E-state index in [0.29, 0.717) is 34.6 Å². The highest BCUT2D eigenvalue weighted by molar-refractivity contribution is 5.99. The van der Waals surface area contributed by atoms with Crippen LogP contribution < -0.4 is 14.9 Å². The molecule has 0 saturated carbocycles. The van der Waals surface area contributed by atoms with Gasteiger partial charge in [0.05, 0.1) is 44.4 Å². The van der Waals surface area contributed by atoms with E-state index in [1.54, 1.807) is 49.5 Å². The van der Waals surface area contributed by atoms with E-state index in [2.05, 4.69) is 4.90 Å². The zero-order chi connectivity index (χ0) is 23.7. The third-order valence-corrected chi connectivity index (χ3v) is 6.57. The maximum atomic E-state index is 13.6. The fourth-order valence-electron chi connectivity index (χ4n) is 4.86. The molecule has 1 aromatic heterocycles. The second-order valence-corrected chi connectivity index (χ2v) is 8.49. The Kier molecular flexibility index (Phi) is 6.26. The number of ether oxygens (including phenoxy) is 3. The second-order valence-electron chi connectivity index (χ2n) is 8.49. The number of amides is 1. The van der Waals surface area contributed by atoms with Crippen LogP contribution in [0.1, 0.15) is 34.1 Å². The Morgan fingerprint density at radius 3 is 2.50 bits per heavy atom. The van der Waals surface area contributed by atoms with Crippen molar-refractivity contribution in [2.75, 3.05) is 53.6 Å². The third-order valence-electron chi connectivity index (χ3n) is 6.57. The summed E-state index contributed by atoms with van der Waals surface area (Å²) in [5.74, 6) is 0.981. The first kappa shape index (κ1) is 22.4. The molecule has 0 spiro atoms. The Morgan fingerprint density at radius 2 is 1.74 bits per heavy atom. The van der Waals surface area contributed by atoms with Crippen LogP contribution in [0.15, 0.2) is 51.7 Å². The number of benzene rings is 2. The number of fused-ring (bicyclic) bond motifs is 2. The van der Waals surface area contributed by atoms with Crippen LogP contribution in [0.4, 0.5) is 0 Å². The Hall–Kier alpha value is -3.36. The summed E-state index contributed by atoms with van der Waals surface area (Å²) in [6, 6.07) is 12.0. The van der Waals surface area contributed by atoms with Gasteiger partial charge in [0.25, 0.3) is 5.91 Å². The highest BCUT2D eigenvalue weighted by atomic mass is 16.5. The normalized spacial score (nSPS) is 18.4. The topological polar surface area (TPSA) is 81.5 Å². The molecule has 0 N–H and O–H groups in total. The lowest BCUT2D eigenvalue weighted by molar-refractivity contribution is 0.0353. The number of carbonyl (C=O) groups excluding carboxylic acids is 1. The van der Waals surface area contributed by atoms with Crippen molar-refractivity contribution in [3.63, 3.8) is 0 Å². The molecule has 1 amide bonds. The van der Waals surface area contributed by atoms with Crippen LogP contribution in [-0.4, -0.2) is 69.3 Å². The van der Waals surface area contributed by atoms with Gasteiger partial charge in [-0.25, -0.2) is 0 Å². The van der Waals surface area contributed by atoms with E-state index in [1.165, 1.54) is 0 Å². The number of hydrogen-bond acceptors (Lipinski definition) is 7. The van der Waals surface area contributed by atoms with Crippen LogP contribution in [-0.2, 0) is 4.74 Å². The van der Waals surface area contributed by atoms with Gasteiger partial charge in [-0.15, -0.1) is 0 Å². The molecule has 2 aromatic carbocycles. The highest BCUT2D eigenvalue weighted by Crippen LogP contribution is 2.40. The van der Waals surface area contributed by atoms with Crippen molar-refractivity contribution in [1.82, 2.24) is 9.80 Å². The van der Waals surface area contributed by atoms with Gasteiger partial charge >= 0.3 is 0 Å². The highest BCUT2D eigenvalue weighted by Gasteiger charge is 2.42. The van der Waals surface area contributed by atoms with E-state index in [4.69, 9.17) is 18.6 Å². The molecule has 1 atom stereocenters. The molecular weight excluding hydrogens is 436 g/mol. The molecule has 5 rings (SSSR count). The zero-order valence-electron chi connectivity index (χ0n) is 19.4. The van der Waals surface area contributed by atoms with Gasteiger partial charge in [-0.1, -0.05) is 18.2 Å². The van der Waals surface area contributed by atoms with Crippen LogP contribution >= 0.6 is 0 Å². The Bertz CT molecular complexity index is 1260. The Balaban J connectivity index is 1.55. The van der Waals surface area contributed by atoms with Gasteiger partial charge in [-0.3, -0.25) is 14.5 Å². The lowest BCUT2D eigenvalue weighted by atomic mass is 9.98. The van der Waals surface area contributed by atoms with Crippen LogP contribution in [0.5, 0.6) is 11.5 Å². The van der Waals surface area contributed by atoms with E-state index >= 15 is 0 Å². The first-order valence-electron chi connectivity index (χ1n) is 11.5. The number of hydrogen-bond donors (Lipinski definition) is 0. The molecule has 8 nitrogen and oxygen atoms in total. The summed E-state index contributed by atoms with van der Waals surface area (Å²) >= 11 is 0. The number of morpholine rings is 1. The summed E-state index contributed by atoms with van der Waals surface area (Å²) in [5.41, 5.74) is 1.39. The van der Waals surface area contributed by atoms with Crippen molar-refractivity contribution in [1.29, 1.82) is 0 Å². The van der Waals surface area contributed by atoms with Gasteiger partial charge in [0, 0.05) is 26.2 Å². The molecule has 0 radical (unpaired) electrons. The van der Waals surface area contributed by atoms with Crippen molar-refractivity contribution in [3.05, 3.63) is 69.6 Å². The second kappa shape index (κ2) is 9.48. The number of methoxy groups -OCH3 is 2. The molecule has 3 aromatic rings. The molecule has 178 valence electrons. The lowest BCUT2D eigenvalue weighted by Gasteiger charge is -2.29. The van der Waals surface area contributed by atoms with Gasteiger partial charge < -0.3 is 23.5 Å². The summed E-state index contributed by atoms with van der Waals surface area (Å²) in [5, 5.41) is 0.467. The molecule has 1 fully saturated rings. The minimum absolute atomic E-state index is 0.120. The van der Waals surface area contributed by atoms with Crippen LogP contribution in [0, 0.1) is 0 Å². The molecule has 0 bridgehead atoms. The minimum Gasteiger partial charge on any atom is -0.493 e. The standard InChI is InChI=1S/C26H28N2O6/c1-31-20-9-8-17(16-21(20)32-2)23-22-24(29)18-6-3-4-7-19(18)34-25(22)26(30)28(23)11-5-10-27-12-14-33-15-13-27/h3-4,6-9,16,23H,5,10-15H2,1-2H3/t23-/m0/s1. The molecule has 0 aliphatic carbocycles. The van der Waals surface area contributed by atoms with Gasteiger partial charge in [0.1, 0.15) is 5.58 Å². The SMILES string of the molecule is COc1ccc([C@H]2c3c(oc4ccccc4c3=O)C(=O)N2CCCN2CCOCC2)cc1OC. The minimum atomic E-state index is -0.562. The maximum absolute atomic E-state index is 13.6. The van der Waals surface area contributed by atoms with E-state index in [1.807, 2.05) is 12.1 Å². The van der Waals surface area contributed by atoms with Crippen LogP contribution in [0.25, 0.3) is 11.0 Å². The maximum Gasteiger partial charge on any atom is 0.290 e. The van der Waals surface area contributed by atoms with Crippen molar-refractivity contribution in [3.8, 4) is 11.5 Å². The van der Waals surface area contributed by atoms with E-state index < -0.39 is 6.04 Å². The number of para-hydroxylation sites is 1. The predicted octanol–water partition coefficient (Wildman–Crippen LogP) is 3.08. The molecule has 2 aliphatic rings. The quantitative estimate of drug-likeness (QED) is 0.532. The summed E-state index contributed by atoms with van der Waals surface area (Å²) in [6.07, 6.45) is 0.775. The molecule has 2 aliphatic heterocycles. The Labute approximate surface area is 197 Å². The molecular formula is C26H28N2O6. The summed E-state index contributed by atoms with van der Waals surface area (Å²) in [4.78, 5) is 31.2. The van der Waals surface area contributed by atoms with E-state index in [9.17, 15) is 9.59 Å². The number of nitrogens with zero attached hydrogens (tertiary/aromatic N) is 2. The fourth-order valence-corrected chi connectivity index (χ4v) is 4.86. The lowest BCUT2D eigenvalue weighted by Crippen LogP contribution is -2.38. The van der Waals surface area contributed by atoms with Crippen molar-refractivity contribution >= 4 is 16.9 Å². The summed E-state index contributed by atoms with van der Waals surface area (Å²) < 4.78 is 22.3. The number of rotatable bonds is 7. The third kappa shape index (κ3) is 3.93. The predicted molar refractivity (Wildman–Crippen MR) is 127 cm³/mol. The fraction of sp³-hybridized carbons (Fsp3) is 0.385. The first-order chi connectivity index (χ1) is 16.6. The first-order valence-corrected chi connectivity index (χ1v) is 11.5. The van der Waals surface area contributed by atoms with Gasteiger partial charge in [-0.2, -0.15) is 0 Å². The largest absolute Gasteiger partial charge is 0.493 e. The van der Waals surface area contributed by atoms with Crippen molar-refractivity contribution in [2.45, 2.75) is 12.5 Å². The monoisotopic (exact) mass is 464 g/mol. The van der Waals surface area contributed by atoms with Gasteiger partial charge in [0.2, 0.25) is 5.76 Å². The Morgan fingerprint density at radius 1 is 0.971 bits per heavy atom. The number of carbonyl (C=O) groups is 1. The van der Waals surface area contributed by atoms with E-state index in [-0.39, 0.29) is 17.1 Å². The van der Waals surface area contributed by atoms with Crippen LogP contribution in [0.2, 0.25) is 0 Å². The zero-order valence-corrected chi connectivity index (χ0v) is 19.4. The smallest absolute Gasteiger partial charge is 0.290 e. The molecule has 1 saturated heterocycles.